The van der Waals surface area contributed by atoms with Crippen LogP contribution in [0.25, 0.3) is 11.0 Å². The van der Waals surface area contributed by atoms with E-state index in [4.69, 9.17) is 0 Å². The number of aromatic nitrogens is 2. The number of sulfonamides is 1. The Morgan fingerprint density at radius 1 is 1.09 bits per heavy atom. The highest BCUT2D eigenvalue weighted by Crippen LogP contribution is 2.27. The van der Waals surface area contributed by atoms with Gasteiger partial charge in [0, 0.05) is 25.6 Å². The van der Waals surface area contributed by atoms with E-state index in [2.05, 4.69) is 31.1 Å². The molecule has 0 bridgehead atoms. The fraction of sp³-hybridized carbons (Fsp3) is 0.440. The number of aryl methyl sites for hydroxylation is 1. The van der Waals surface area contributed by atoms with Crippen LogP contribution in [0.2, 0.25) is 0 Å². The Labute approximate surface area is 195 Å². The molecular formula is C25H32N4O3S. The number of rotatable bonds is 7. The minimum Gasteiger partial charge on any atom is -0.310 e. The van der Waals surface area contributed by atoms with Crippen molar-refractivity contribution in [1.82, 2.24) is 13.9 Å². The van der Waals surface area contributed by atoms with Crippen LogP contribution in [0.15, 0.2) is 53.4 Å². The molecule has 8 heteroatoms. The minimum atomic E-state index is -3.56. The highest BCUT2D eigenvalue weighted by atomic mass is 32.2. The first-order chi connectivity index (χ1) is 15.8. The Hall–Kier alpha value is -2.71. The molecule has 1 saturated heterocycles. The van der Waals surface area contributed by atoms with Crippen molar-refractivity contribution < 1.29 is 13.2 Å². The fourth-order valence-corrected chi connectivity index (χ4v) is 5.83. The molecule has 2 aromatic carbocycles. The highest BCUT2D eigenvalue weighted by Gasteiger charge is 2.32. The number of anilines is 1. The number of nitrogens with zero attached hydrogens (tertiary/aromatic N) is 3. The summed E-state index contributed by atoms with van der Waals surface area (Å²) in [4.78, 5) is 17.9. The van der Waals surface area contributed by atoms with Crippen LogP contribution >= 0.6 is 0 Å². The number of para-hydroxylation sites is 2. The number of benzene rings is 2. The summed E-state index contributed by atoms with van der Waals surface area (Å²) in [6.45, 7) is 7.68. The molecule has 3 aromatic rings. The summed E-state index contributed by atoms with van der Waals surface area (Å²) in [5.41, 5.74) is 2.96. The normalized spacial score (nSPS) is 15.9. The van der Waals surface area contributed by atoms with E-state index in [0.29, 0.717) is 42.7 Å². The topological polar surface area (TPSA) is 84.3 Å². The number of imidazole rings is 1. The number of carbonyl (C=O) groups is 1. The molecule has 0 aliphatic carbocycles. The number of piperidine rings is 1. The lowest BCUT2D eigenvalue weighted by atomic mass is 9.97. The van der Waals surface area contributed by atoms with E-state index in [1.54, 1.807) is 12.1 Å². The van der Waals surface area contributed by atoms with E-state index in [1.807, 2.05) is 41.0 Å². The molecule has 1 aliphatic rings. The molecule has 1 N–H and O–H groups in total. The first-order valence-electron chi connectivity index (χ1n) is 11.7. The molecule has 1 aliphatic heterocycles. The van der Waals surface area contributed by atoms with E-state index in [1.165, 1.54) is 4.31 Å². The van der Waals surface area contributed by atoms with E-state index in [0.717, 1.165) is 29.6 Å². The maximum Gasteiger partial charge on any atom is 0.243 e. The van der Waals surface area contributed by atoms with Crippen LogP contribution in [0.3, 0.4) is 0 Å². The molecule has 7 nitrogen and oxygen atoms in total. The van der Waals surface area contributed by atoms with Crippen molar-refractivity contribution in [3.63, 3.8) is 0 Å². The predicted molar refractivity (Wildman–Crippen MR) is 131 cm³/mol. The average molecular weight is 469 g/mol. The first-order valence-corrected chi connectivity index (χ1v) is 13.1. The van der Waals surface area contributed by atoms with Gasteiger partial charge in [-0.25, -0.2) is 13.4 Å². The number of hydrogen-bond acceptors (Lipinski definition) is 4. The van der Waals surface area contributed by atoms with Crippen LogP contribution in [-0.4, -0.2) is 41.3 Å². The third kappa shape index (κ3) is 4.82. The van der Waals surface area contributed by atoms with Gasteiger partial charge >= 0.3 is 0 Å². The van der Waals surface area contributed by atoms with Gasteiger partial charge in [0.1, 0.15) is 0 Å². The Balaban J connectivity index is 1.42. The van der Waals surface area contributed by atoms with Crippen molar-refractivity contribution in [1.29, 1.82) is 0 Å². The summed E-state index contributed by atoms with van der Waals surface area (Å²) in [7, 11) is -3.56. The monoisotopic (exact) mass is 468 g/mol. The third-order valence-corrected chi connectivity index (χ3v) is 8.26. The van der Waals surface area contributed by atoms with Gasteiger partial charge < -0.3 is 4.57 Å². The fourth-order valence-electron chi connectivity index (χ4n) is 4.37. The molecule has 4 rings (SSSR count). The zero-order valence-corrected chi connectivity index (χ0v) is 20.3. The molecule has 0 saturated carbocycles. The Bertz CT molecular complexity index is 1220. The Kier molecular flexibility index (Phi) is 6.86. The summed E-state index contributed by atoms with van der Waals surface area (Å²) in [6.07, 6.45) is 1.91. The van der Waals surface area contributed by atoms with Gasteiger partial charge in [0.05, 0.1) is 15.9 Å². The van der Waals surface area contributed by atoms with Crippen LogP contribution in [0.5, 0.6) is 0 Å². The second kappa shape index (κ2) is 9.65. The molecule has 0 radical (unpaired) electrons. The number of fused-ring (bicyclic) bond motifs is 1. The van der Waals surface area contributed by atoms with Gasteiger partial charge in [-0.3, -0.25) is 10.1 Å². The first kappa shape index (κ1) is 23.4. The highest BCUT2D eigenvalue weighted by molar-refractivity contribution is 7.89. The van der Waals surface area contributed by atoms with E-state index < -0.39 is 10.0 Å². The zero-order chi connectivity index (χ0) is 23.6. The average Bonchev–Trinajstić information content (AvgIpc) is 3.16. The van der Waals surface area contributed by atoms with Crippen LogP contribution in [0.1, 0.15) is 51.5 Å². The second-order valence-electron chi connectivity index (χ2n) is 8.97. The molecule has 176 valence electrons. The van der Waals surface area contributed by atoms with Crippen molar-refractivity contribution in [2.75, 3.05) is 18.4 Å². The van der Waals surface area contributed by atoms with Gasteiger partial charge in [0.2, 0.25) is 21.9 Å². The Morgan fingerprint density at radius 2 is 1.76 bits per heavy atom. The van der Waals surface area contributed by atoms with Crippen molar-refractivity contribution in [2.45, 2.75) is 57.4 Å². The summed E-state index contributed by atoms with van der Waals surface area (Å²) in [5, 5.41) is 3.00. The van der Waals surface area contributed by atoms with Gasteiger partial charge in [-0.2, -0.15) is 4.31 Å². The SMILES string of the molecule is CCCn1c(NC(=O)C2CCN(S(=O)(=O)c3ccc(C(C)C)cc3)CC2)nc2ccccc21. The van der Waals surface area contributed by atoms with Crippen molar-refractivity contribution >= 4 is 32.9 Å². The molecule has 2 heterocycles. The molecule has 0 spiro atoms. The smallest absolute Gasteiger partial charge is 0.243 e. The van der Waals surface area contributed by atoms with Crippen molar-refractivity contribution in [3.8, 4) is 0 Å². The third-order valence-electron chi connectivity index (χ3n) is 6.35. The van der Waals surface area contributed by atoms with Gasteiger partial charge in [-0.15, -0.1) is 0 Å². The number of nitrogens with one attached hydrogen (secondary N) is 1. The van der Waals surface area contributed by atoms with E-state index in [9.17, 15) is 13.2 Å². The van der Waals surface area contributed by atoms with Gasteiger partial charge in [0.15, 0.2) is 0 Å². The van der Waals surface area contributed by atoms with Crippen LogP contribution in [0, 0.1) is 5.92 Å². The maximum absolute atomic E-state index is 13.1. The quantitative estimate of drug-likeness (QED) is 0.549. The molecule has 1 aromatic heterocycles. The summed E-state index contributed by atoms with van der Waals surface area (Å²) in [5.74, 6) is 0.570. The van der Waals surface area contributed by atoms with E-state index in [-0.39, 0.29) is 11.8 Å². The number of hydrogen-bond donors (Lipinski definition) is 1. The van der Waals surface area contributed by atoms with Gasteiger partial charge in [-0.1, -0.05) is 45.0 Å². The van der Waals surface area contributed by atoms with Crippen molar-refractivity contribution in [2.24, 2.45) is 5.92 Å². The summed E-state index contributed by atoms with van der Waals surface area (Å²) >= 11 is 0. The van der Waals surface area contributed by atoms with E-state index >= 15 is 0 Å². The number of carbonyl (C=O) groups excluding carboxylic acids is 1. The van der Waals surface area contributed by atoms with Crippen LogP contribution in [0.4, 0.5) is 5.95 Å². The second-order valence-corrected chi connectivity index (χ2v) is 10.9. The maximum atomic E-state index is 13.1. The lowest BCUT2D eigenvalue weighted by molar-refractivity contribution is -0.121. The molecule has 0 unspecified atom stereocenters. The minimum absolute atomic E-state index is 0.0963. The molecule has 0 atom stereocenters. The standard InChI is InChI=1S/C25H32N4O3S/c1-4-15-29-23-8-6-5-7-22(23)26-25(29)27-24(30)20-13-16-28(17-14-20)33(31,32)21-11-9-19(10-12-21)18(2)3/h5-12,18,20H,4,13-17H2,1-3H3,(H,26,27,30). The van der Waals surface area contributed by atoms with Gasteiger partial charge in [0.25, 0.3) is 0 Å². The summed E-state index contributed by atoms with van der Waals surface area (Å²) in [6, 6.07) is 15.0. The molecular weight excluding hydrogens is 436 g/mol. The molecule has 1 amide bonds. The largest absolute Gasteiger partial charge is 0.310 e. The lowest BCUT2D eigenvalue weighted by Crippen LogP contribution is -2.41. The number of amides is 1. The van der Waals surface area contributed by atoms with Crippen LogP contribution in [-0.2, 0) is 21.4 Å². The lowest BCUT2D eigenvalue weighted by Gasteiger charge is -2.30. The Morgan fingerprint density at radius 3 is 2.39 bits per heavy atom. The molecule has 33 heavy (non-hydrogen) atoms. The van der Waals surface area contributed by atoms with Crippen LogP contribution < -0.4 is 5.32 Å². The predicted octanol–water partition coefficient (Wildman–Crippen LogP) is 4.61. The molecule has 1 fully saturated rings. The van der Waals surface area contributed by atoms with Gasteiger partial charge in [-0.05, 0) is 55.0 Å². The van der Waals surface area contributed by atoms with Crippen molar-refractivity contribution in [3.05, 3.63) is 54.1 Å². The summed E-state index contributed by atoms with van der Waals surface area (Å²) < 4.78 is 29.7. The zero-order valence-electron chi connectivity index (χ0n) is 19.5.